The second-order valence-corrected chi connectivity index (χ2v) is 3.86. The van der Waals surface area contributed by atoms with Gasteiger partial charge in [-0.1, -0.05) is 12.1 Å². The zero-order valence-electron chi connectivity index (χ0n) is 9.95. The summed E-state index contributed by atoms with van der Waals surface area (Å²) < 4.78 is 39.9. The van der Waals surface area contributed by atoms with E-state index in [1.807, 2.05) is 0 Å². The standard InChI is InChI=1S/C14H7F3N2O/c15-9-5-8(7-18)13(12(17)6-9)19-14(20)10-3-1-2-4-11(10)16/h1-6H,(H,19,20). The van der Waals surface area contributed by atoms with Crippen LogP contribution in [0.1, 0.15) is 15.9 Å². The number of benzene rings is 2. The first-order chi connectivity index (χ1) is 9.52. The third kappa shape index (κ3) is 2.62. The zero-order valence-corrected chi connectivity index (χ0v) is 9.95. The molecule has 1 amide bonds. The minimum Gasteiger partial charge on any atom is -0.318 e. The van der Waals surface area contributed by atoms with E-state index in [9.17, 15) is 18.0 Å². The molecule has 0 bridgehead atoms. The molecule has 0 unspecified atom stereocenters. The van der Waals surface area contributed by atoms with Gasteiger partial charge < -0.3 is 5.32 Å². The first-order valence-electron chi connectivity index (χ1n) is 5.48. The first-order valence-corrected chi connectivity index (χ1v) is 5.48. The van der Waals surface area contributed by atoms with Crippen molar-refractivity contribution in [2.24, 2.45) is 0 Å². The molecule has 6 heteroatoms. The molecule has 0 saturated heterocycles. The number of halogens is 3. The normalized spacial score (nSPS) is 9.90. The Morgan fingerprint density at radius 3 is 2.45 bits per heavy atom. The van der Waals surface area contributed by atoms with Crippen LogP contribution in [0.25, 0.3) is 0 Å². The van der Waals surface area contributed by atoms with Crippen molar-refractivity contribution >= 4 is 11.6 Å². The van der Waals surface area contributed by atoms with Crippen molar-refractivity contribution in [3.05, 3.63) is 65.0 Å². The monoisotopic (exact) mass is 276 g/mol. The van der Waals surface area contributed by atoms with Crippen LogP contribution in [-0.4, -0.2) is 5.91 Å². The minimum absolute atomic E-state index is 0.305. The SMILES string of the molecule is N#Cc1cc(F)cc(F)c1NC(=O)c1ccccc1F. The van der Waals surface area contributed by atoms with Crippen molar-refractivity contribution in [2.45, 2.75) is 0 Å². The van der Waals surface area contributed by atoms with Gasteiger partial charge >= 0.3 is 0 Å². The fourth-order valence-electron chi connectivity index (χ4n) is 1.62. The van der Waals surface area contributed by atoms with Gasteiger partial charge in [0.2, 0.25) is 0 Å². The molecule has 0 aliphatic carbocycles. The number of hydrogen-bond acceptors (Lipinski definition) is 2. The summed E-state index contributed by atoms with van der Waals surface area (Å²) in [5.41, 5.74) is -1.17. The molecule has 1 N–H and O–H groups in total. The second kappa shape index (κ2) is 5.45. The van der Waals surface area contributed by atoms with Crippen molar-refractivity contribution in [1.82, 2.24) is 0 Å². The molecule has 0 saturated carbocycles. The van der Waals surface area contributed by atoms with Crippen LogP contribution in [-0.2, 0) is 0 Å². The zero-order chi connectivity index (χ0) is 14.7. The van der Waals surface area contributed by atoms with Gasteiger partial charge in [0.05, 0.1) is 16.8 Å². The van der Waals surface area contributed by atoms with E-state index in [2.05, 4.69) is 5.32 Å². The van der Waals surface area contributed by atoms with Gasteiger partial charge in [-0.15, -0.1) is 0 Å². The van der Waals surface area contributed by atoms with Gasteiger partial charge in [-0.25, -0.2) is 13.2 Å². The molecule has 2 aromatic carbocycles. The molecule has 100 valence electrons. The smallest absolute Gasteiger partial charge is 0.258 e. The molecule has 0 spiro atoms. The van der Waals surface area contributed by atoms with E-state index in [-0.39, 0.29) is 11.1 Å². The van der Waals surface area contributed by atoms with Gasteiger partial charge in [-0.3, -0.25) is 4.79 Å². The van der Waals surface area contributed by atoms with Crippen LogP contribution in [0.4, 0.5) is 18.9 Å². The highest BCUT2D eigenvalue weighted by molar-refractivity contribution is 6.05. The molecule has 3 nitrogen and oxygen atoms in total. The lowest BCUT2D eigenvalue weighted by atomic mass is 10.1. The fourth-order valence-corrected chi connectivity index (χ4v) is 1.62. The number of anilines is 1. The Morgan fingerprint density at radius 2 is 1.80 bits per heavy atom. The third-order valence-electron chi connectivity index (χ3n) is 2.53. The van der Waals surface area contributed by atoms with Gasteiger partial charge in [-0.05, 0) is 18.2 Å². The van der Waals surface area contributed by atoms with Crippen molar-refractivity contribution in [1.29, 1.82) is 5.26 Å². The summed E-state index contributed by atoms with van der Waals surface area (Å²) in [6, 6.07) is 7.97. The summed E-state index contributed by atoms with van der Waals surface area (Å²) in [7, 11) is 0. The molecule has 0 fully saturated rings. The summed E-state index contributed by atoms with van der Waals surface area (Å²) in [6.07, 6.45) is 0. The quantitative estimate of drug-likeness (QED) is 0.915. The number of carbonyl (C=O) groups excluding carboxylic acids is 1. The van der Waals surface area contributed by atoms with Crippen LogP contribution in [0.2, 0.25) is 0 Å². The lowest BCUT2D eigenvalue weighted by Crippen LogP contribution is -2.15. The third-order valence-corrected chi connectivity index (χ3v) is 2.53. The average Bonchev–Trinajstić information content (AvgIpc) is 2.41. The molecule has 0 atom stereocenters. The van der Waals surface area contributed by atoms with Crippen LogP contribution < -0.4 is 5.32 Å². The van der Waals surface area contributed by atoms with Crippen LogP contribution in [0.15, 0.2) is 36.4 Å². The molecule has 0 aromatic heterocycles. The van der Waals surface area contributed by atoms with Gasteiger partial charge in [0.25, 0.3) is 5.91 Å². The first kappa shape index (κ1) is 13.6. The summed E-state index contributed by atoms with van der Waals surface area (Å²) in [5, 5.41) is 10.9. The maximum atomic E-state index is 13.6. The van der Waals surface area contributed by atoms with E-state index >= 15 is 0 Å². The second-order valence-electron chi connectivity index (χ2n) is 3.86. The number of hydrogen-bond donors (Lipinski definition) is 1. The lowest BCUT2D eigenvalue weighted by molar-refractivity contribution is 0.102. The molecule has 0 aliphatic heterocycles. The van der Waals surface area contributed by atoms with E-state index in [1.54, 1.807) is 6.07 Å². The molecule has 0 heterocycles. The highest BCUT2D eigenvalue weighted by Crippen LogP contribution is 2.22. The molecular formula is C14H7F3N2O. The Hall–Kier alpha value is -2.81. The molecule has 20 heavy (non-hydrogen) atoms. The van der Waals surface area contributed by atoms with Crippen LogP contribution >= 0.6 is 0 Å². The van der Waals surface area contributed by atoms with Gasteiger partial charge in [0.1, 0.15) is 17.7 Å². The summed E-state index contributed by atoms with van der Waals surface area (Å²) >= 11 is 0. The van der Waals surface area contributed by atoms with Crippen molar-refractivity contribution in [2.75, 3.05) is 5.32 Å². The highest BCUT2D eigenvalue weighted by atomic mass is 19.1. The fraction of sp³-hybridized carbons (Fsp3) is 0. The van der Waals surface area contributed by atoms with Gasteiger partial charge in [-0.2, -0.15) is 5.26 Å². The van der Waals surface area contributed by atoms with E-state index in [0.717, 1.165) is 12.1 Å². The molecule has 0 aliphatic rings. The number of carbonyl (C=O) groups is 1. The van der Waals surface area contributed by atoms with Crippen LogP contribution in [0, 0.1) is 28.8 Å². The highest BCUT2D eigenvalue weighted by Gasteiger charge is 2.17. The minimum atomic E-state index is -1.11. The Balaban J connectivity index is 2.39. The summed E-state index contributed by atoms with van der Waals surface area (Å²) in [5.74, 6) is -3.76. The number of nitrogens with zero attached hydrogens (tertiary/aromatic N) is 1. The van der Waals surface area contributed by atoms with E-state index < -0.39 is 29.0 Å². The van der Waals surface area contributed by atoms with Crippen molar-refractivity contribution < 1.29 is 18.0 Å². The lowest BCUT2D eigenvalue weighted by Gasteiger charge is -2.09. The van der Waals surface area contributed by atoms with Gasteiger partial charge in [0, 0.05) is 6.07 Å². The van der Waals surface area contributed by atoms with E-state index in [4.69, 9.17) is 5.26 Å². The Labute approximate surface area is 112 Å². The maximum absolute atomic E-state index is 13.6. The molecule has 2 rings (SSSR count). The van der Waals surface area contributed by atoms with E-state index in [1.165, 1.54) is 18.2 Å². The van der Waals surface area contributed by atoms with Crippen LogP contribution in [0.5, 0.6) is 0 Å². The van der Waals surface area contributed by atoms with E-state index in [0.29, 0.717) is 6.07 Å². The summed E-state index contributed by atoms with van der Waals surface area (Å²) in [4.78, 5) is 11.8. The molecule has 0 radical (unpaired) electrons. The Bertz CT molecular complexity index is 723. The average molecular weight is 276 g/mol. The number of amides is 1. The van der Waals surface area contributed by atoms with Crippen molar-refractivity contribution in [3.63, 3.8) is 0 Å². The molecule has 2 aromatic rings. The topological polar surface area (TPSA) is 52.9 Å². The predicted octanol–water partition coefficient (Wildman–Crippen LogP) is 3.23. The number of rotatable bonds is 2. The van der Waals surface area contributed by atoms with Crippen molar-refractivity contribution in [3.8, 4) is 6.07 Å². The molecular weight excluding hydrogens is 269 g/mol. The maximum Gasteiger partial charge on any atom is 0.258 e. The summed E-state index contributed by atoms with van der Waals surface area (Å²) in [6.45, 7) is 0. The van der Waals surface area contributed by atoms with Gasteiger partial charge in [0.15, 0.2) is 5.82 Å². The Kier molecular flexibility index (Phi) is 3.71. The Morgan fingerprint density at radius 1 is 1.10 bits per heavy atom. The number of nitriles is 1. The number of nitrogens with one attached hydrogen (secondary N) is 1. The van der Waals surface area contributed by atoms with Crippen LogP contribution in [0.3, 0.4) is 0 Å². The predicted molar refractivity (Wildman–Crippen MR) is 65.4 cm³/mol. The largest absolute Gasteiger partial charge is 0.318 e.